The quantitative estimate of drug-likeness (QED) is 0.755. The molecule has 0 radical (unpaired) electrons. The van der Waals surface area contributed by atoms with Crippen LogP contribution < -0.4 is 0 Å². The maximum atomic E-state index is 12.7. The summed E-state index contributed by atoms with van der Waals surface area (Å²) in [6.07, 6.45) is 5.68. The Bertz CT molecular complexity index is 718. The molecule has 1 aliphatic rings. The van der Waals surface area contributed by atoms with Gasteiger partial charge in [-0.1, -0.05) is 35.9 Å². The van der Waals surface area contributed by atoms with Gasteiger partial charge in [0, 0.05) is 32.0 Å². The molecule has 1 atom stereocenters. The third kappa shape index (κ3) is 6.15. The second kappa shape index (κ2) is 9.62. The largest absolute Gasteiger partial charge is 0.372 e. The smallest absolute Gasteiger partial charge is 0.236 e. The number of likely N-dealkylation sites (tertiary alicyclic amines) is 1. The number of likely N-dealkylation sites (N-methyl/N-ethyl adjacent to an activating group) is 1. The standard InChI is InChI=1S/C22H29N3O2/c1-18-7-9-19(10-8-18)14-24(2)16-22(26)25-12-4-6-21(15-25)27-17-20-5-3-11-23-13-20/h3,5,7-11,13,21H,4,6,12,14-17H2,1-2H3/t21-/m1/s1. The van der Waals surface area contributed by atoms with Crippen LogP contribution in [0.4, 0.5) is 0 Å². The molecule has 3 rings (SSSR count). The lowest BCUT2D eigenvalue weighted by Gasteiger charge is -2.33. The Morgan fingerprint density at radius 3 is 2.81 bits per heavy atom. The molecule has 1 aliphatic heterocycles. The summed E-state index contributed by atoms with van der Waals surface area (Å²) in [5, 5.41) is 0. The third-order valence-electron chi connectivity index (χ3n) is 4.92. The van der Waals surface area contributed by atoms with Crippen molar-refractivity contribution < 1.29 is 9.53 Å². The minimum absolute atomic E-state index is 0.102. The molecule has 0 bridgehead atoms. The topological polar surface area (TPSA) is 45.7 Å². The van der Waals surface area contributed by atoms with Crippen LogP contribution in [-0.4, -0.2) is 53.5 Å². The number of aryl methyl sites for hydroxylation is 1. The van der Waals surface area contributed by atoms with Crippen molar-refractivity contribution in [2.75, 3.05) is 26.7 Å². The second-order valence-electron chi connectivity index (χ2n) is 7.43. The van der Waals surface area contributed by atoms with Gasteiger partial charge in [0.1, 0.15) is 0 Å². The van der Waals surface area contributed by atoms with E-state index in [4.69, 9.17) is 4.74 Å². The van der Waals surface area contributed by atoms with Crippen LogP contribution in [-0.2, 0) is 22.7 Å². The summed E-state index contributed by atoms with van der Waals surface area (Å²) in [5.41, 5.74) is 3.55. The Hall–Kier alpha value is -2.24. The van der Waals surface area contributed by atoms with Crippen molar-refractivity contribution in [3.8, 4) is 0 Å². The first-order chi connectivity index (χ1) is 13.1. The van der Waals surface area contributed by atoms with Gasteiger partial charge in [-0.25, -0.2) is 0 Å². The van der Waals surface area contributed by atoms with E-state index in [0.717, 1.165) is 31.5 Å². The number of rotatable bonds is 7. The van der Waals surface area contributed by atoms with E-state index in [9.17, 15) is 4.79 Å². The van der Waals surface area contributed by atoms with Crippen LogP contribution in [0.3, 0.4) is 0 Å². The summed E-state index contributed by atoms with van der Waals surface area (Å²) in [4.78, 5) is 20.8. The van der Waals surface area contributed by atoms with E-state index in [-0.39, 0.29) is 12.0 Å². The molecule has 0 unspecified atom stereocenters. The van der Waals surface area contributed by atoms with Gasteiger partial charge in [-0.15, -0.1) is 0 Å². The number of pyridine rings is 1. The number of ether oxygens (including phenoxy) is 1. The first-order valence-electron chi connectivity index (χ1n) is 9.62. The Kier molecular flexibility index (Phi) is 6.96. The molecule has 1 fully saturated rings. The average molecular weight is 367 g/mol. The molecule has 27 heavy (non-hydrogen) atoms. The fourth-order valence-corrected chi connectivity index (χ4v) is 3.39. The number of hydrogen-bond acceptors (Lipinski definition) is 4. The van der Waals surface area contributed by atoms with Crippen molar-refractivity contribution >= 4 is 5.91 Å². The molecule has 1 saturated heterocycles. The number of aromatic nitrogens is 1. The summed E-state index contributed by atoms with van der Waals surface area (Å²) in [7, 11) is 2.00. The molecule has 0 N–H and O–H groups in total. The maximum absolute atomic E-state index is 12.7. The van der Waals surface area contributed by atoms with E-state index in [2.05, 4.69) is 41.1 Å². The lowest BCUT2D eigenvalue weighted by atomic mass is 10.1. The molecule has 144 valence electrons. The van der Waals surface area contributed by atoms with E-state index >= 15 is 0 Å². The zero-order chi connectivity index (χ0) is 19.1. The van der Waals surface area contributed by atoms with Gasteiger partial charge >= 0.3 is 0 Å². The zero-order valence-corrected chi connectivity index (χ0v) is 16.3. The fourth-order valence-electron chi connectivity index (χ4n) is 3.39. The monoisotopic (exact) mass is 367 g/mol. The number of piperidine rings is 1. The lowest BCUT2D eigenvalue weighted by Crippen LogP contribution is -2.46. The minimum Gasteiger partial charge on any atom is -0.372 e. The first-order valence-corrected chi connectivity index (χ1v) is 9.62. The normalized spacial score (nSPS) is 17.3. The van der Waals surface area contributed by atoms with Crippen LogP contribution in [0.1, 0.15) is 29.5 Å². The lowest BCUT2D eigenvalue weighted by molar-refractivity contribution is -0.136. The fraction of sp³-hybridized carbons (Fsp3) is 0.455. The number of carbonyl (C=O) groups is 1. The van der Waals surface area contributed by atoms with Crippen molar-refractivity contribution in [1.82, 2.24) is 14.8 Å². The van der Waals surface area contributed by atoms with E-state index in [1.54, 1.807) is 6.20 Å². The first kappa shape index (κ1) is 19.5. The highest BCUT2D eigenvalue weighted by Crippen LogP contribution is 2.16. The highest BCUT2D eigenvalue weighted by molar-refractivity contribution is 5.78. The van der Waals surface area contributed by atoms with E-state index < -0.39 is 0 Å². The molecule has 1 amide bonds. The summed E-state index contributed by atoms with van der Waals surface area (Å²) in [6.45, 7) is 5.35. The van der Waals surface area contributed by atoms with Gasteiger partial charge in [0.2, 0.25) is 5.91 Å². The molecule has 5 nitrogen and oxygen atoms in total. The van der Waals surface area contributed by atoms with E-state index in [1.807, 2.05) is 30.3 Å². The molecular formula is C22H29N3O2. The summed E-state index contributed by atoms with van der Waals surface area (Å²) >= 11 is 0. The molecule has 1 aromatic heterocycles. The summed E-state index contributed by atoms with van der Waals surface area (Å²) < 4.78 is 6.01. The Labute approximate surface area is 162 Å². The molecule has 2 aromatic rings. The SMILES string of the molecule is Cc1ccc(CN(C)CC(=O)N2CCC[C@@H](OCc3cccnc3)C2)cc1. The van der Waals surface area contributed by atoms with Crippen LogP contribution in [0.25, 0.3) is 0 Å². The molecule has 0 aliphatic carbocycles. The zero-order valence-electron chi connectivity index (χ0n) is 16.3. The van der Waals surface area contributed by atoms with Gasteiger partial charge in [-0.3, -0.25) is 14.7 Å². The van der Waals surface area contributed by atoms with Crippen LogP contribution in [0, 0.1) is 6.92 Å². The van der Waals surface area contributed by atoms with Gasteiger partial charge in [-0.2, -0.15) is 0 Å². The number of carbonyl (C=O) groups excluding carboxylic acids is 1. The van der Waals surface area contributed by atoms with Crippen LogP contribution in [0.15, 0.2) is 48.8 Å². The highest BCUT2D eigenvalue weighted by Gasteiger charge is 2.24. The van der Waals surface area contributed by atoms with Crippen molar-refractivity contribution in [2.24, 2.45) is 0 Å². The van der Waals surface area contributed by atoms with Crippen molar-refractivity contribution in [1.29, 1.82) is 0 Å². The summed E-state index contributed by atoms with van der Waals surface area (Å²) in [5.74, 6) is 0.180. The number of hydrogen-bond donors (Lipinski definition) is 0. The molecule has 5 heteroatoms. The van der Waals surface area contributed by atoms with Gasteiger partial charge in [0.25, 0.3) is 0 Å². The highest BCUT2D eigenvalue weighted by atomic mass is 16.5. The predicted molar refractivity (Wildman–Crippen MR) is 106 cm³/mol. The van der Waals surface area contributed by atoms with Crippen LogP contribution in [0.2, 0.25) is 0 Å². The van der Waals surface area contributed by atoms with Gasteiger partial charge in [-0.05, 0) is 44.0 Å². The van der Waals surface area contributed by atoms with Gasteiger partial charge in [0.15, 0.2) is 0 Å². The summed E-state index contributed by atoms with van der Waals surface area (Å²) in [6, 6.07) is 12.4. The van der Waals surface area contributed by atoms with Crippen molar-refractivity contribution in [3.05, 3.63) is 65.5 Å². The van der Waals surface area contributed by atoms with Gasteiger partial charge in [0.05, 0.1) is 19.3 Å². The molecule has 1 aromatic carbocycles. The molecule has 2 heterocycles. The van der Waals surface area contributed by atoms with E-state index in [1.165, 1.54) is 11.1 Å². The van der Waals surface area contributed by atoms with Crippen LogP contribution in [0.5, 0.6) is 0 Å². The van der Waals surface area contributed by atoms with Crippen LogP contribution >= 0.6 is 0 Å². The molecule has 0 saturated carbocycles. The molecular weight excluding hydrogens is 338 g/mol. The predicted octanol–water partition coefficient (Wildman–Crippen LogP) is 3.03. The average Bonchev–Trinajstić information content (AvgIpc) is 2.69. The minimum atomic E-state index is 0.102. The Morgan fingerprint density at radius 2 is 2.07 bits per heavy atom. The number of amides is 1. The maximum Gasteiger partial charge on any atom is 0.236 e. The van der Waals surface area contributed by atoms with Gasteiger partial charge < -0.3 is 9.64 Å². The Morgan fingerprint density at radius 1 is 1.26 bits per heavy atom. The van der Waals surface area contributed by atoms with Crippen molar-refractivity contribution in [2.45, 2.75) is 39.0 Å². The third-order valence-corrected chi connectivity index (χ3v) is 4.92. The van der Waals surface area contributed by atoms with Crippen molar-refractivity contribution in [3.63, 3.8) is 0 Å². The number of benzene rings is 1. The second-order valence-corrected chi connectivity index (χ2v) is 7.43. The van der Waals surface area contributed by atoms with E-state index in [0.29, 0.717) is 19.7 Å². The molecule has 0 spiro atoms. The Balaban J connectivity index is 1.45. The number of nitrogens with zero attached hydrogens (tertiary/aromatic N) is 3.